The molecule has 1 N–H and O–H groups in total. The first-order chi connectivity index (χ1) is 9.06. The van der Waals surface area contributed by atoms with Gasteiger partial charge in [0, 0.05) is 20.2 Å². The third kappa shape index (κ3) is 5.59. The van der Waals surface area contributed by atoms with Gasteiger partial charge in [0.2, 0.25) is 0 Å². The summed E-state index contributed by atoms with van der Waals surface area (Å²) >= 11 is 0. The minimum Gasteiger partial charge on any atom is -0.497 e. The van der Waals surface area contributed by atoms with Crippen LogP contribution in [0.25, 0.3) is 0 Å². The van der Waals surface area contributed by atoms with E-state index in [0.29, 0.717) is 19.1 Å². The molecule has 2 atom stereocenters. The largest absolute Gasteiger partial charge is 0.497 e. The maximum atomic E-state index is 9.69. The van der Waals surface area contributed by atoms with Crippen molar-refractivity contribution in [2.24, 2.45) is 0 Å². The van der Waals surface area contributed by atoms with Crippen LogP contribution in [0.1, 0.15) is 18.4 Å². The fourth-order valence-electron chi connectivity index (χ4n) is 2.18. The molecule has 0 aromatic heterocycles. The van der Waals surface area contributed by atoms with Crippen molar-refractivity contribution in [2.75, 3.05) is 41.0 Å². The van der Waals surface area contributed by atoms with Gasteiger partial charge in [-0.1, -0.05) is 19.1 Å². The molecule has 1 rings (SSSR count). The minimum absolute atomic E-state index is 0.376. The summed E-state index contributed by atoms with van der Waals surface area (Å²) in [5, 5.41) is 9.69. The monoisotopic (exact) mass is 267 g/mol. The maximum Gasteiger partial charge on any atom is 0.118 e. The highest BCUT2D eigenvalue weighted by molar-refractivity contribution is 5.29. The van der Waals surface area contributed by atoms with E-state index < -0.39 is 6.10 Å². The van der Waals surface area contributed by atoms with Gasteiger partial charge in [-0.15, -0.1) is 0 Å². The Morgan fingerprint density at radius 2 is 1.79 bits per heavy atom. The highest BCUT2D eigenvalue weighted by atomic mass is 16.5. The summed E-state index contributed by atoms with van der Waals surface area (Å²) in [5.41, 5.74) is 1.27. The molecule has 19 heavy (non-hydrogen) atoms. The molecule has 0 aliphatic carbocycles. The van der Waals surface area contributed by atoms with Crippen LogP contribution in [0.3, 0.4) is 0 Å². The van der Waals surface area contributed by atoms with E-state index >= 15 is 0 Å². The quantitative estimate of drug-likeness (QED) is 0.779. The summed E-state index contributed by atoms with van der Waals surface area (Å²) in [4.78, 5) is 2.12. The molecule has 1 aromatic carbocycles. The third-order valence-electron chi connectivity index (χ3n) is 3.15. The zero-order valence-corrected chi connectivity index (χ0v) is 12.3. The number of methoxy groups -OCH3 is 2. The zero-order valence-electron chi connectivity index (χ0n) is 12.3. The highest BCUT2D eigenvalue weighted by Crippen LogP contribution is 2.19. The van der Waals surface area contributed by atoms with Gasteiger partial charge in [0.25, 0.3) is 0 Å². The Morgan fingerprint density at radius 1 is 1.16 bits per heavy atom. The van der Waals surface area contributed by atoms with Crippen molar-refractivity contribution in [2.45, 2.75) is 18.9 Å². The van der Waals surface area contributed by atoms with E-state index in [4.69, 9.17) is 9.47 Å². The Hall–Kier alpha value is -1.10. The fourth-order valence-corrected chi connectivity index (χ4v) is 2.18. The van der Waals surface area contributed by atoms with Gasteiger partial charge >= 0.3 is 0 Å². The van der Waals surface area contributed by atoms with Gasteiger partial charge in [0.1, 0.15) is 5.75 Å². The van der Waals surface area contributed by atoms with E-state index in [1.54, 1.807) is 14.2 Å². The fraction of sp³-hybridized carbons (Fsp3) is 0.600. The molecule has 0 spiro atoms. The van der Waals surface area contributed by atoms with Crippen LogP contribution in [0.2, 0.25) is 0 Å². The second kappa shape index (κ2) is 8.15. The molecule has 0 heterocycles. The van der Waals surface area contributed by atoms with Gasteiger partial charge < -0.3 is 19.5 Å². The second-order valence-electron chi connectivity index (χ2n) is 5.00. The Kier molecular flexibility index (Phi) is 6.84. The van der Waals surface area contributed by atoms with Gasteiger partial charge in [-0.25, -0.2) is 0 Å². The summed E-state index contributed by atoms with van der Waals surface area (Å²) in [7, 11) is 5.28. The number of aliphatic hydroxyl groups is 1. The van der Waals surface area contributed by atoms with Crippen LogP contribution >= 0.6 is 0 Å². The van der Waals surface area contributed by atoms with Crippen molar-refractivity contribution in [3.8, 4) is 5.75 Å². The Bertz CT molecular complexity index is 353. The number of ether oxygens (including phenoxy) is 2. The van der Waals surface area contributed by atoms with Gasteiger partial charge in [-0.3, -0.25) is 0 Å². The van der Waals surface area contributed by atoms with Gasteiger partial charge in [-0.05, 0) is 30.7 Å². The first kappa shape index (κ1) is 16.0. The molecular formula is C15H25NO3. The summed E-state index contributed by atoms with van der Waals surface area (Å²) < 4.78 is 10.1. The molecule has 0 fully saturated rings. The predicted octanol–water partition coefficient (Wildman–Crippen LogP) is 1.74. The first-order valence-corrected chi connectivity index (χ1v) is 6.56. The van der Waals surface area contributed by atoms with Gasteiger partial charge in [0.15, 0.2) is 0 Å². The summed E-state index contributed by atoms with van der Waals surface area (Å²) in [6.45, 7) is 4.07. The number of rotatable bonds is 8. The van der Waals surface area contributed by atoms with Crippen molar-refractivity contribution in [1.82, 2.24) is 4.90 Å². The molecule has 4 nitrogen and oxygen atoms in total. The SMILES string of the molecule is COCC(O)CN(C)CC(C)c1ccc(OC)cc1. The molecule has 0 saturated heterocycles. The standard InChI is InChI=1S/C15H25NO3/c1-12(9-16(2)10-14(17)11-18-3)13-5-7-15(19-4)8-6-13/h5-8,12,14,17H,9-11H2,1-4H3. The molecule has 4 heteroatoms. The predicted molar refractivity (Wildman–Crippen MR) is 76.8 cm³/mol. The molecule has 0 radical (unpaired) electrons. The van der Waals surface area contributed by atoms with Crippen LogP contribution in [-0.2, 0) is 4.74 Å². The number of hydrogen-bond acceptors (Lipinski definition) is 4. The second-order valence-corrected chi connectivity index (χ2v) is 5.00. The number of aliphatic hydroxyl groups excluding tert-OH is 1. The van der Waals surface area contributed by atoms with Crippen molar-refractivity contribution in [1.29, 1.82) is 0 Å². The molecule has 0 aliphatic heterocycles. The highest BCUT2D eigenvalue weighted by Gasteiger charge is 2.12. The van der Waals surface area contributed by atoms with Gasteiger partial charge in [0.05, 0.1) is 19.8 Å². The lowest BCUT2D eigenvalue weighted by atomic mass is 10.0. The Morgan fingerprint density at radius 3 is 2.32 bits per heavy atom. The number of benzene rings is 1. The van der Waals surface area contributed by atoms with E-state index in [2.05, 4.69) is 24.0 Å². The molecular weight excluding hydrogens is 242 g/mol. The van der Waals surface area contributed by atoms with Crippen LogP contribution < -0.4 is 4.74 Å². The average Bonchev–Trinajstić information content (AvgIpc) is 2.38. The Balaban J connectivity index is 2.46. The minimum atomic E-state index is -0.432. The van der Waals surface area contributed by atoms with Gasteiger partial charge in [-0.2, -0.15) is 0 Å². The van der Waals surface area contributed by atoms with E-state index in [1.165, 1.54) is 5.56 Å². The lowest BCUT2D eigenvalue weighted by Crippen LogP contribution is -2.34. The van der Waals surface area contributed by atoms with E-state index in [1.807, 2.05) is 19.2 Å². The number of hydrogen-bond donors (Lipinski definition) is 1. The van der Waals surface area contributed by atoms with Crippen LogP contribution in [0, 0.1) is 0 Å². The summed E-state index contributed by atoms with van der Waals surface area (Å²) in [6, 6.07) is 8.13. The van der Waals surface area contributed by atoms with Crippen LogP contribution in [0.15, 0.2) is 24.3 Å². The molecule has 0 bridgehead atoms. The summed E-state index contributed by atoms with van der Waals surface area (Å²) in [5.74, 6) is 1.28. The van der Waals surface area contributed by atoms with Crippen LogP contribution in [-0.4, -0.2) is 57.1 Å². The molecule has 1 aromatic rings. The summed E-state index contributed by atoms with van der Waals surface area (Å²) in [6.07, 6.45) is -0.432. The maximum absolute atomic E-state index is 9.69. The molecule has 0 amide bonds. The molecule has 2 unspecified atom stereocenters. The lowest BCUT2D eigenvalue weighted by Gasteiger charge is -2.24. The third-order valence-corrected chi connectivity index (χ3v) is 3.15. The van der Waals surface area contributed by atoms with Crippen molar-refractivity contribution < 1.29 is 14.6 Å². The van der Waals surface area contributed by atoms with E-state index in [-0.39, 0.29) is 0 Å². The molecule has 0 aliphatic rings. The average molecular weight is 267 g/mol. The van der Waals surface area contributed by atoms with Crippen molar-refractivity contribution in [3.05, 3.63) is 29.8 Å². The van der Waals surface area contributed by atoms with Crippen molar-refractivity contribution in [3.63, 3.8) is 0 Å². The van der Waals surface area contributed by atoms with E-state index in [0.717, 1.165) is 12.3 Å². The lowest BCUT2D eigenvalue weighted by molar-refractivity contribution is 0.0424. The van der Waals surface area contributed by atoms with E-state index in [9.17, 15) is 5.11 Å². The number of nitrogens with zero attached hydrogens (tertiary/aromatic N) is 1. The Labute approximate surface area is 115 Å². The topological polar surface area (TPSA) is 41.9 Å². The van der Waals surface area contributed by atoms with Crippen molar-refractivity contribution >= 4 is 0 Å². The van der Waals surface area contributed by atoms with Crippen LogP contribution in [0.5, 0.6) is 5.75 Å². The normalized spacial score (nSPS) is 14.4. The molecule has 108 valence electrons. The zero-order chi connectivity index (χ0) is 14.3. The van der Waals surface area contributed by atoms with Crippen LogP contribution in [0.4, 0.5) is 0 Å². The molecule has 0 saturated carbocycles. The first-order valence-electron chi connectivity index (χ1n) is 6.56. The number of likely N-dealkylation sites (N-methyl/N-ethyl adjacent to an activating group) is 1. The smallest absolute Gasteiger partial charge is 0.118 e.